The van der Waals surface area contributed by atoms with Crippen LogP contribution >= 0.6 is 31.9 Å². The van der Waals surface area contributed by atoms with Gasteiger partial charge in [-0.1, -0.05) is 28.1 Å². The molecule has 0 saturated heterocycles. The van der Waals surface area contributed by atoms with Gasteiger partial charge in [0.05, 0.1) is 10.3 Å². The molecule has 2 rings (SSSR count). The molecule has 76 valence electrons. The lowest BCUT2D eigenvalue weighted by molar-refractivity contribution is -0.383. The van der Waals surface area contributed by atoms with E-state index in [-0.39, 0.29) is 10.6 Å². The molecule has 15 heavy (non-hydrogen) atoms. The molecule has 2 aromatic rings. The Hall–Kier alpha value is -0.940. The summed E-state index contributed by atoms with van der Waals surface area (Å²) in [5.74, 6) is 0. The molecule has 5 heteroatoms. The quantitative estimate of drug-likeness (QED) is 0.578. The maximum Gasteiger partial charge on any atom is 0.278 e. The summed E-state index contributed by atoms with van der Waals surface area (Å²) < 4.78 is 1.61. The molecule has 0 bridgehead atoms. The molecule has 0 aliphatic rings. The van der Waals surface area contributed by atoms with Crippen LogP contribution < -0.4 is 0 Å². The van der Waals surface area contributed by atoms with Crippen molar-refractivity contribution in [1.29, 1.82) is 0 Å². The van der Waals surface area contributed by atoms with Gasteiger partial charge in [0.25, 0.3) is 5.69 Å². The first-order valence-electron chi connectivity index (χ1n) is 4.12. The highest BCUT2D eigenvalue weighted by Crippen LogP contribution is 2.34. The van der Waals surface area contributed by atoms with Crippen LogP contribution in [0.2, 0.25) is 0 Å². The number of nitrogens with zero attached hydrogens (tertiary/aromatic N) is 1. The molecule has 0 fully saturated rings. The number of fused-ring (bicyclic) bond motifs is 1. The number of halogens is 2. The predicted octanol–water partition coefficient (Wildman–Crippen LogP) is 4.27. The fourth-order valence-corrected chi connectivity index (χ4v) is 2.93. The second-order valence-corrected chi connectivity index (χ2v) is 4.79. The predicted molar refractivity (Wildman–Crippen MR) is 66.0 cm³/mol. The first kappa shape index (κ1) is 10.6. The van der Waals surface area contributed by atoms with Crippen LogP contribution in [0.3, 0.4) is 0 Å². The van der Waals surface area contributed by atoms with Crippen molar-refractivity contribution in [2.45, 2.75) is 0 Å². The third kappa shape index (κ3) is 1.89. The van der Waals surface area contributed by atoms with E-state index in [0.717, 1.165) is 14.3 Å². The molecule has 0 atom stereocenters. The second-order valence-electron chi connectivity index (χ2n) is 3.02. The van der Waals surface area contributed by atoms with E-state index in [0.29, 0.717) is 5.39 Å². The van der Waals surface area contributed by atoms with Crippen molar-refractivity contribution in [2.24, 2.45) is 0 Å². The van der Waals surface area contributed by atoms with Crippen LogP contribution in [0.1, 0.15) is 0 Å². The molecule has 0 N–H and O–H groups in total. The Balaban J connectivity index is 2.91. The Kier molecular flexibility index (Phi) is 2.75. The summed E-state index contributed by atoms with van der Waals surface area (Å²) >= 11 is 6.68. The number of non-ortho nitro benzene ring substituents is 1. The van der Waals surface area contributed by atoms with Crippen LogP contribution in [-0.4, -0.2) is 4.92 Å². The average Bonchev–Trinajstić information content (AvgIpc) is 2.16. The van der Waals surface area contributed by atoms with Crippen molar-refractivity contribution >= 4 is 48.3 Å². The highest BCUT2D eigenvalue weighted by atomic mass is 79.9. The Morgan fingerprint density at radius 3 is 2.60 bits per heavy atom. The summed E-state index contributed by atoms with van der Waals surface area (Å²) in [6, 6.07) is 8.68. The summed E-state index contributed by atoms with van der Waals surface area (Å²) in [5.41, 5.74) is 0.117. The van der Waals surface area contributed by atoms with Crippen molar-refractivity contribution < 1.29 is 4.92 Å². The van der Waals surface area contributed by atoms with E-state index in [1.165, 1.54) is 6.07 Å². The molecule has 0 aliphatic heterocycles. The molecule has 0 unspecified atom stereocenters. The lowest BCUT2D eigenvalue weighted by Crippen LogP contribution is -1.89. The largest absolute Gasteiger partial charge is 0.278 e. The topological polar surface area (TPSA) is 43.1 Å². The van der Waals surface area contributed by atoms with Crippen molar-refractivity contribution in [3.05, 3.63) is 49.4 Å². The van der Waals surface area contributed by atoms with Crippen LogP contribution in [0.25, 0.3) is 10.8 Å². The summed E-state index contributed by atoms with van der Waals surface area (Å²) in [7, 11) is 0. The maximum atomic E-state index is 10.8. The van der Waals surface area contributed by atoms with E-state index >= 15 is 0 Å². The molecule has 0 saturated carbocycles. The zero-order chi connectivity index (χ0) is 11.0. The Labute approximate surface area is 103 Å². The molecular weight excluding hydrogens is 326 g/mol. The van der Waals surface area contributed by atoms with Gasteiger partial charge in [-0.25, -0.2) is 0 Å². The van der Waals surface area contributed by atoms with Crippen molar-refractivity contribution in [2.75, 3.05) is 0 Å². The van der Waals surface area contributed by atoms with E-state index in [1.54, 1.807) is 12.1 Å². The van der Waals surface area contributed by atoms with E-state index < -0.39 is 0 Å². The molecule has 2 aromatic carbocycles. The van der Waals surface area contributed by atoms with Gasteiger partial charge in [-0.05, 0) is 33.4 Å². The third-order valence-corrected chi connectivity index (χ3v) is 3.15. The van der Waals surface area contributed by atoms with Gasteiger partial charge >= 0.3 is 0 Å². The maximum absolute atomic E-state index is 10.8. The van der Waals surface area contributed by atoms with Gasteiger partial charge in [-0.15, -0.1) is 0 Å². The zero-order valence-electron chi connectivity index (χ0n) is 7.41. The van der Waals surface area contributed by atoms with Gasteiger partial charge < -0.3 is 0 Å². The lowest BCUT2D eigenvalue weighted by Gasteiger charge is -2.02. The molecular formula is C10H5Br2NO2. The van der Waals surface area contributed by atoms with Gasteiger partial charge in [0.1, 0.15) is 0 Å². The fraction of sp³-hybridized carbons (Fsp3) is 0. The van der Waals surface area contributed by atoms with Crippen LogP contribution in [0.15, 0.2) is 39.3 Å². The summed E-state index contributed by atoms with van der Waals surface area (Å²) in [6.45, 7) is 0. The molecule has 0 heterocycles. The smallest absolute Gasteiger partial charge is 0.258 e. The molecule has 0 aromatic heterocycles. The molecule has 3 nitrogen and oxygen atoms in total. The number of nitro groups is 1. The monoisotopic (exact) mass is 329 g/mol. The second kappa shape index (κ2) is 3.90. The van der Waals surface area contributed by atoms with E-state index in [2.05, 4.69) is 31.9 Å². The normalized spacial score (nSPS) is 10.5. The number of benzene rings is 2. The minimum absolute atomic E-state index is 0.117. The Bertz CT molecular complexity index is 554. The fourth-order valence-electron chi connectivity index (χ4n) is 1.47. The van der Waals surface area contributed by atoms with Gasteiger partial charge in [0.2, 0.25) is 0 Å². The lowest BCUT2D eigenvalue weighted by atomic mass is 10.1. The summed E-state index contributed by atoms with van der Waals surface area (Å²) in [4.78, 5) is 10.5. The average molecular weight is 331 g/mol. The minimum atomic E-state index is -0.374. The highest BCUT2D eigenvalue weighted by molar-refractivity contribution is 9.11. The van der Waals surface area contributed by atoms with E-state index in [9.17, 15) is 10.1 Å². The van der Waals surface area contributed by atoms with Gasteiger partial charge in [-0.3, -0.25) is 10.1 Å². The van der Waals surface area contributed by atoms with Crippen molar-refractivity contribution in [3.63, 3.8) is 0 Å². The summed E-state index contributed by atoms with van der Waals surface area (Å²) in [5, 5.41) is 12.3. The zero-order valence-corrected chi connectivity index (χ0v) is 10.6. The molecule has 0 radical (unpaired) electrons. The highest BCUT2D eigenvalue weighted by Gasteiger charge is 2.14. The Morgan fingerprint density at radius 1 is 1.20 bits per heavy atom. The Morgan fingerprint density at radius 2 is 1.93 bits per heavy atom. The first-order chi connectivity index (χ1) is 7.09. The number of nitro benzene ring substituents is 1. The summed E-state index contributed by atoms with van der Waals surface area (Å²) in [6.07, 6.45) is 0. The molecule has 0 spiro atoms. The van der Waals surface area contributed by atoms with Crippen molar-refractivity contribution in [1.82, 2.24) is 0 Å². The number of hydrogen-bond acceptors (Lipinski definition) is 2. The first-order valence-corrected chi connectivity index (χ1v) is 5.70. The van der Waals surface area contributed by atoms with Gasteiger partial charge in [-0.2, -0.15) is 0 Å². The van der Waals surface area contributed by atoms with Crippen LogP contribution in [0.4, 0.5) is 5.69 Å². The minimum Gasteiger partial charge on any atom is -0.258 e. The molecule has 0 aliphatic carbocycles. The van der Waals surface area contributed by atoms with Gasteiger partial charge in [0, 0.05) is 15.0 Å². The standard InChI is InChI=1S/C10H5Br2NO2/c11-7-4-6-2-1-3-9(13(14)15)10(6)8(12)5-7/h1-5H. The molecule has 0 amide bonds. The SMILES string of the molecule is O=[N+]([O-])c1cccc2cc(Br)cc(Br)c12. The van der Waals surface area contributed by atoms with Crippen LogP contribution in [0.5, 0.6) is 0 Å². The van der Waals surface area contributed by atoms with Crippen LogP contribution in [0, 0.1) is 10.1 Å². The number of rotatable bonds is 1. The van der Waals surface area contributed by atoms with E-state index in [1.807, 2.05) is 12.1 Å². The van der Waals surface area contributed by atoms with Crippen LogP contribution in [-0.2, 0) is 0 Å². The van der Waals surface area contributed by atoms with Gasteiger partial charge in [0.15, 0.2) is 0 Å². The third-order valence-electron chi connectivity index (χ3n) is 2.07. The van der Waals surface area contributed by atoms with E-state index in [4.69, 9.17) is 0 Å². The van der Waals surface area contributed by atoms with Crippen molar-refractivity contribution in [3.8, 4) is 0 Å². The number of hydrogen-bond donors (Lipinski definition) is 0.